The fourth-order valence-corrected chi connectivity index (χ4v) is 6.04. The molecule has 2 atom stereocenters. The van der Waals surface area contributed by atoms with E-state index in [0.717, 1.165) is 42.8 Å². The summed E-state index contributed by atoms with van der Waals surface area (Å²) in [5.74, 6) is 0.692. The number of nitrogens with one attached hydrogen (secondary N) is 2. The normalized spacial score (nSPS) is 21.8. The van der Waals surface area contributed by atoms with Crippen LogP contribution in [0.3, 0.4) is 0 Å². The summed E-state index contributed by atoms with van der Waals surface area (Å²) >= 11 is 0. The highest BCUT2D eigenvalue weighted by atomic mass is 16.2. The second kappa shape index (κ2) is 9.23. The first kappa shape index (κ1) is 23.5. The van der Waals surface area contributed by atoms with Gasteiger partial charge in [0.2, 0.25) is 5.95 Å². The summed E-state index contributed by atoms with van der Waals surface area (Å²) in [5.41, 5.74) is 7.90. The van der Waals surface area contributed by atoms with Crippen LogP contribution in [0, 0.1) is 13.8 Å². The maximum atomic E-state index is 13.5. The van der Waals surface area contributed by atoms with Crippen LogP contribution in [-0.4, -0.2) is 59.2 Å². The molecule has 2 aromatic carbocycles. The molecule has 0 spiro atoms. The minimum atomic E-state index is 0.0565. The number of piperidine rings is 1. The minimum Gasteiger partial charge on any atom is -0.333 e. The van der Waals surface area contributed by atoms with Crippen LogP contribution in [0.15, 0.2) is 42.6 Å². The van der Waals surface area contributed by atoms with E-state index in [0.29, 0.717) is 23.1 Å². The Hall–Kier alpha value is -3.85. The van der Waals surface area contributed by atoms with Crippen molar-refractivity contribution in [2.45, 2.75) is 71.8 Å². The van der Waals surface area contributed by atoms with Crippen molar-refractivity contribution >= 4 is 28.6 Å². The molecule has 0 aliphatic carbocycles. The average molecular weight is 497 g/mol. The van der Waals surface area contributed by atoms with E-state index in [1.165, 1.54) is 16.7 Å². The zero-order valence-electron chi connectivity index (χ0n) is 21.7. The zero-order valence-corrected chi connectivity index (χ0v) is 21.7. The Bertz CT molecular complexity index is 1450. The molecular weight excluding hydrogens is 464 g/mol. The minimum absolute atomic E-state index is 0.0565. The van der Waals surface area contributed by atoms with Gasteiger partial charge in [-0.05, 0) is 82.0 Å². The highest BCUT2D eigenvalue weighted by molar-refractivity contribution is 5.97. The third kappa shape index (κ3) is 4.55. The fourth-order valence-electron chi connectivity index (χ4n) is 6.04. The first-order chi connectivity index (χ1) is 17.8. The third-order valence-electron chi connectivity index (χ3n) is 7.66. The lowest BCUT2D eigenvalue weighted by Gasteiger charge is -2.45. The molecule has 2 aromatic heterocycles. The van der Waals surface area contributed by atoms with Crippen molar-refractivity contribution in [3.8, 4) is 0 Å². The van der Waals surface area contributed by atoms with Crippen LogP contribution in [0.5, 0.6) is 0 Å². The lowest BCUT2D eigenvalue weighted by atomic mass is 9.91. The van der Waals surface area contributed by atoms with Gasteiger partial charge in [-0.15, -0.1) is 5.10 Å². The molecule has 1 fully saturated rings. The number of anilines is 2. The first-order valence-corrected chi connectivity index (χ1v) is 12.9. The molecule has 2 aliphatic heterocycles. The Morgan fingerprint density at radius 3 is 2.54 bits per heavy atom. The van der Waals surface area contributed by atoms with Gasteiger partial charge in [-0.3, -0.25) is 14.8 Å². The summed E-state index contributed by atoms with van der Waals surface area (Å²) in [6.45, 7) is 10.2. The van der Waals surface area contributed by atoms with Gasteiger partial charge in [-0.2, -0.15) is 0 Å². The van der Waals surface area contributed by atoms with Gasteiger partial charge in [0.05, 0.1) is 11.2 Å². The van der Waals surface area contributed by atoms with Crippen LogP contribution in [0.4, 0.5) is 11.6 Å². The van der Waals surface area contributed by atoms with Crippen molar-refractivity contribution in [2.75, 3.05) is 5.32 Å². The standard InChI is InChI=1S/C28H32N8O/c1-16-7-17(2)9-22(8-16)30-28-29-13-21-14-35(15-26(21)31-28)23-10-18(3)36(19(4)11-23)27(37)20-5-6-24-25(12-20)33-34-32-24/h5-9,12-13,18-19,23H,10-11,14-15H2,1-4H3,(H,29,30,31)(H,32,33,34). The second-order valence-corrected chi connectivity index (χ2v) is 10.7. The van der Waals surface area contributed by atoms with Crippen molar-refractivity contribution in [1.82, 2.24) is 35.2 Å². The van der Waals surface area contributed by atoms with Gasteiger partial charge in [0, 0.05) is 54.2 Å². The highest BCUT2D eigenvalue weighted by Gasteiger charge is 2.38. The molecule has 0 radical (unpaired) electrons. The van der Waals surface area contributed by atoms with E-state index in [1.54, 1.807) is 0 Å². The molecule has 190 valence electrons. The van der Waals surface area contributed by atoms with Gasteiger partial charge in [0.1, 0.15) is 5.52 Å². The number of hydrogen-bond donors (Lipinski definition) is 2. The molecule has 1 amide bonds. The number of likely N-dealkylation sites (tertiary alicyclic amines) is 1. The topological polar surface area (TPSA) is 103 Å². The lowest BCUT2D eigenvalue weighted by molar-refractivity contribution is 0.0262. The van der Waals surface area contributed by atoms with Crippen LogP contribution in [0.25, 0.3) is 11.0 Å². The van der Waals surface area contributed by atoms with E-state index in [-0.39, 0.29) is 18.0 Å². The van der Waals surface area contributed by atoms with E-state index in [9.17, 15) is 4.79 Å². The number of benzene rings is 2. The number of hydrogen-bond acceptors (Lipinski definition) is 7. The van der Waals surface area contributed by atoms with Crippen LogP contribution >= 0.6 is 0 Å². The summed E-state index contributed by atoms with van der Waals surface area (Å²) in [6.07, 6.45) is 3.81. The van der Waals surface area contributed by atoms with Gasteiger partial charge in [0.15, 0.2) is 0 Å². The van der Waals surface area contributed by atoms with Crippen LogP contribution in [0.2, 0.25) is 0 Å². The molecule has 6 rings (SSSR count). The van der Waals surface area contributed by atoms with Crippen molar-refractivity contribution in [1.29, 1.82) is 0 Å². The molecule has 4 aromatic rings. The Kier molecular flexibility index (Phi) is 5.87. The van der Waals surface area contributed by atoms with Crippen LogP contribution in [0.1, 0.15) is 59.4 Å². The highest BCUT2D eigenvalue weighted by Crippen LogP contribution is 2.33. The second-order valence-electron chi connectivity index (χ2n) is 10.7. The Labute approximate surface area is 216 Å². The van der Waals surface area contributed by atoms with Crippen LogP contribution in [-0.2, 0) is 13.1 Å². The van der Waals surface area contributed by atoms with Crippen molar-refractivity contribution in [3.63, 3.8) is 0 Å². The summed E-state index contributed by atoms with van der Waals surface area (Å²) in [4.78, 5) is 27.4. The number of amides is 1. The maximum absolute atomic E-state index is 13.5. The monoisotopic (exact) mass is 496 g/mol. The number of rotatable bonds is 4. The molecule has 9 heteroatoms. The van der Waals surface area contributed by atoms with Gasteiger partial charge in [-0.25, -0.2) is 9.97 Å². The largest absolute Gasteiger partial charge is 0.333 e. The maximum Gasteiger partial charge on any atom is 0.254 e. The Morgan fingerprint density at radius 2 is 1.78 bits per heavy atom. The molecule has 2 unspecified atom stereocenters. The number of aromatic nitrogens is 5. The van der Waals surface area contributed by atoms with Crippen molar-refractivity contribution in [2.24, 2.45) is 0 Å². The molecule has 0 saturated carbocycles. The SMILES string of the molecule is Cc1cc(C)cc(Nc2ncc3c(n2)CN(C2CC(C)N(C(=O)c4ccc5[nH]nnc5c4)C(C)C2)C3)c1. The molecule has 1 saturated heterocycles. The zero-order chi connectivity index (χ0) is 25.7. The fraction of sp³-hybridized carbons (Fsp3) is 0.393. The molecule has 9 nitrogen and oxygen atoms in total. The van der Waals surface area contributed by atoms with Crippen LogP contribution < -0.4 is 5.32 Å². The lowest BCUT2D eigenvalue weighted by Crippen LogP contribution is -2.54. The predicted octanol–water partition coefficient (Wildman–Crippen LogP) is 4.51. The molecule has 37 heavy (non-hydrogen) atoms. The quantitative estimate of drug-likeness (QED) is 0.429. The van der Waals surface area contributed by atoms with Gasteiger partial charge < -0.3 is 10.2 Å². The summed E-state index contributed by atoms with van der Waals surface area (Å²) < 4.78 is 0. The molecule has 4 heterocycles. The van der Waals surface area contributed by atoms with Crippen molar-refractivity contribution in [3.05, 3.63) is 70.5 Å². The summed E-state index contributed by atoms with van der Waals surface area (Å²) in [5, 5.41) is 14.1. The Balaban J connectivity index is 1.13. The summed E-state index contributed by atoms with van der Waals surface area (Å²) in [6, 6.07) is 12.6. The first-order valence-electron chi connectivity index (χ1n) is 12.9. The number of nitrogens with zero attached hydrogens (tertiary/aromatic N) is 6. The average Bonchev–Trinajstić information content (AvgIpc) is 3.49. The Morgan fingerprint density at radius 1 is 1.03 bits per heavy atom. The molecular formula is C28H32N8O. The number of aryl methyl sites for hydroxylation is 2. The summed E-state index contributed by atoms with van der Waals surface area (Å²) in [7, 11) is 0. The van der Waals surface area contributed by atoms with E-state index in [2.05, 4.69) is 76.5 Å². The third-order valence-corrected chi connectivity index (χ3v) is 7.66. The number of carbonyl (C=O) groups is 1. The van der Waals surface area contributed by atoms with Gasteiger partial charge >= 0.3 is 0 Å². The molecule has 0 bridgehead atoms. The molecule has 2 N–H and O–H groups in total. The van der Waals surface area contributed by atoms with Crippen molar-refractivity contribution < 1.29 is 4.79 Å². The van der Waals surface area contributed by atoms with E-state index < -0.39 is 0 Å². The molecule has 2 aliphatic rings. The number of carbonyl (C=O) groups excluding carboxylic acids is 1. The van der Waals surface area contributed by atoms with Gasteiger partial charge in [0.25, 0.3) is 5.91 Å². The number of aromatic amines is 1. The smallest absolute Gasteiger partial charge is 0.254 e. The van der Waals surface area contributed by atoms with E-state index in [4.69, 9.17) is 4.98 Å². The predicted molar refractivity (Wildman–Crippen MR) is 142 cm³/mol. The number of H-pyrrole nitrogens is 1. The van der Waals surface area contributed by atoms with Gasteiger partial charge in [-0.1, -0.05) is 11.3 Å². The number of fused-ring (bicyclic) bond motifs is 2. The van der Waals surface area contributed by atoms with E-state index in [1.807, 2.05) is 29.3 Å². The van der Waals surface area contributed by atoms with E-state index >= 15 is 0 Å².